The highest BCUT2D eigenvalue weighted by molar-refractivity contribution is 5.94. The first kappa shape index (κ1) is 14.3. The largest absolute Gasteiger partial charge is 0.453 e. The summed E-state index contributed by atoms with van der Waals surface area (Å²) in [7, 11) is 0. The Morgan fingerprint density at radius 1 is 1.14 bits per heavy atom. The summed E-state index contributed by atoms with van der Waals surface area (Å²) in [6, 6.07) is 13.0. The van der Waals surface area contributed by atoms with Crippen LogP contribution in [0.25, 0.3) is 0 Å². The molecule has 0 saturated carbocycles. The van der Waals surface area contributed by atoms with Gasteiger partial charge in [0.25, 0.3) is 0 Å². The van der Waals surface area contributed by atoms with Crippen LogP contribution in [0.1, 0.15) is 34.0 Å². The summed E-state index contributed by atoms with van der Waals surface area (Å²) < 4.78 is 18.0. The number of carbonyl (C=O) groups is 2. The Kier molecular flexibility index (Phi) is 3.87. The van der Waals surface area contributed by atoms with Gasteiger partial charge in [-0.3, -0.25) is 4.79 Å². The molecule has 2 aromatic rings. The van der Waals surface area contributed by atoms with E-state index in [1.54, 1.807) is 30.3 Å². The highest BCUT2D eigenvalue weighted by atomic mass is 19.1. The number of cyclic esters (lactones) is 1. The lowest BCUT2D eigenvalue weighted by atomic mass is 10.0. The first-order valence-electron chi connectivity index (χ1n) is 6.94. The number of esters is 1. The van der Waals surface area contributed by atoms with Gasteiger partial charge in [-0.2, -0.15) is 0 Å². The highest BCUT2D eigenvalue weighted by Gasteiger charge is 2.31. The van der Waals surface area contributed by atoms with Crippen LogP contribution in [-0.4, -0.2) is 11.9 Å². The zero-order chi connectivity index (χ0) is 15.5. The molecule has 1 N–H and O–H groups in total. The lowest BCUT2D eigenvalue weighted by Crippen LogP contribution is -2.24. The molecule has 1 aliphatic heterocycles. The molecule has 3 rings (SSSR count). The standard InChI is InChI=1S/C17H14FNO3/c18-12-7-5-11(6-8-12)10-19-16(20)9-15-13-3-1-2-4-14(13)17(21)22-15/h1-8,15H,9-10H2,(H,19,20)/t15-/m1/s1. The van der Waals surface area contributed by atoms with Crippen LogP contribution >= 0.6 is 0 Å². The fourth-order valence-corrected chi connectivity index (χ4v) is 2.41. The molecule has 4 nitrogen and oxygen atoms in total. The van der Waals surface area contributed by atoms with E-state index < -0.39 is 12.1 Å². The molecule has 0 unspecified atom stereocenters. The monoisotopic (exact) mass is 299 g/mol. The van der Waals surface area contributed by atoms with E-state index in [0.29, 0.717) is 12.1 Å². The quantitative estimate of drug-likeness (QED) is 0.883. The Bertz CT molecular complexity index is 712. The van der Waals surface area contributed by atoms with Crippen LogP contribution < -0.4 is 5.32 Å². The van der Waals surface area contributed by atoms with Gasteiger partial charge in [0.15, 0.2) is 0 Å². The maximum atomic E-state index is 12.8. The molecular weight excluding hydrogens is 285 g/mol. The molecule has 0 spiro atoms. The second-order valence-electron chi connectivity index (χ2n) is 5.09. The molecule has 22 heavy (non-hydrogen) atoms. The Hall–Kier alpha value is -2.69. The fraction of sp³-hybridized carbons (Fsp3) is 0.176. The van der Waals surface area contributed by atoms with Crippen molar-refractivity contribution in [2.75, 3.05) is 0 Å². The summed E-state index contributed by atoms with van der Waals surface area (Å²) in [5.41, 5.74) is 2.06. The third-order valence-corrected chi connectivity index (χ3v) is 3.55. The number of hydrogen-bond acceptors (Lipinski definition) is 3. The number of fused-ring (bicyclic) bond motifs is 1. The van der Waals surface area contributed by atoms with Crippen LogP contribution in [-0.2, 0) is 16.1 Å². The molecule has 0 bridgehead atoms. The highest BCUT2D eigenvalue weighted by Crippen LogP contribution is 2.32. The zero-order valence-corrected chi connectivity index (χ0v) is 11.7. The van der Waals surface area contributed by atoms with Gasteiger partial charge >= 0.3 is 5.97 Å². The minimum Gasteiger partial charge on any atom is -0.453 e. The number of halogens is 1. The van der Waals surface area contributed by atoms with Crippen LogP contribution in [0.2, 0.25) is 0 Å². The summed E-state index contributed by atoms with van der Waals surface area (Å²) in [5.74, 6) is -0.935. The molecule has 112 valence electrons. The summed E-state index contributed by atoms with van der Waals surface area (Å²) in [6.45, 7) is 0.307. The first-order chi connectivity index (χ1) is 10.6. The molecule has 0 saturated heterocycles. The maximum Gasteiger partial charge on any atom is 0.339 e. The third kappa shape index (κ3) is 2.98. The molecular formula is C17H14FNO3. The van der Waals surface area contributed by atoms with Gasteiger partial charge in [-0.1, -0.05) is 30.3 Å². The van der Waals surface area contributed by atoms with Crippen molar-refractivity contribution in [3.63, 3.8) is 0 Å². The van der Waals surface area contributed by atoms with Crippen LogP contribution in [0.3, 0.4) is 0 Å². The zero-order valence-electron chi connectivity index (χ0n) is 11.7. The van der Waals surface area contributed by atoms with Crippen LogP contribution in [0, 0.1) is 5.82 Å². The molecule has 1 amide bonds. The molecule has 1 aliphatic rings. The van der Waals surface area contributed by atoms with E-state index in [1.165, 1.54) is 12.1 Å². The van der Waals surface area contributed by atoms with Gasteiger partial charge in [-0.05, 0) is 23.8 Å². The van der Waals surface area contributed by atoms with Gasteiger partial charge in [-0.25, -0.2) is 9.18 Å². The number of ether oxygens (including phenoxy) is 1. The summed E-state index contributed by atoms with van der Waals surface area (Å²) in [5, 5.41) is 2.74. The maximum absolute atomic E-state index is 12.8. The minimum absolute atomic E-state index is 0.0734. The van der Waals surface area contributed by atoms with Crippen LogP contribution in [0.15, 0.2) is 48.5 Å². The Balaban J connectivity index is 1.59. The number of hydrogen-bond donors (Lipinski definition) is 1. The number of nitrogens with one attached hydrogen (secondary N) is 1. The van der Waals surface area contributed by atoms with Gasteiger partial charge in [0.2, 0.25) is 5.91 Å². The Morgan fingerprint density at radius 3 is 2.64 bits per heavy atom. The van der Waals surface area contributed by atoms with E-state index in [2.05, 4.69) is 5.32 Å². The topological polar surface area (TPSA) is 55.4 Å². The van der Waals surface area contributed by atoms with Gasteiger partial charge in [0, 0.05) is 12.1 Å². The van der Waals surface area contributed by atoms with Crippen molar-refractivity contribution >= 4 is 11.9 Å². The van der Waals surface area contributed by atoms with Crippen LogP contribution in [0.4, 0.5) is 4.39 Å². The molecule has 5 heteroatoms. The Labute approximate surface area is 126 Å². The van der Waals surface area contributed by atoms with E-state index in [4.69, 9.17) is 4.74 Å². The molecule has 0 aliphatic carbocycles. The summed E-state index contributed by atoms with van der Waals surface area (Å²) >= 11 is 0. The van der Waals surface area contributed by atoms with Crippen molar-refractivity contribution in [2.45, 2.75) is 19.1 Å². The number of rotatable bonds is 4. The van der Waals surface area contributed by atoms with E-state index in [9.17, 15) is 14.0 Å². The first-order valence-corrected chi connectivity index (χ1v) is 6.94. The van der Waals surface area contributed by atoms with Crippen molar-refractivity contribution in [2.24, 2.45) is 0 Å². The predicted molar refractivity (Wildman–Crippen MR) is 77.5 cm³/mol. The second kappa shape index (κ2) is 5.97. The molecule has 0 radical (unpaired) electrons. The average molecular weight is 299 g/mol. The van der Waals surface area contributed by atoms with Crippen molar-refractivity contribution in [1.29, 1.82) is 0 Å². The van der Waals surface area contributed by atoms with Crippen molar-refractivity contribution < 1.29 is 18.7 Å². The second-order valence-corrected chi connectivity index (χ2v) is 5.09. The van der Waals surface area contributed by atoms with Crippen molar-refractivity contribution in [3.8, 4) is 0 Å². The van der Waals surface area contributed by atoms with Gasteiger partial charge < -0.3 is 10.1 Å². The van der Waals surface area contributed by atoms with E-state index >= 15 is 0 Å². The van der Waals surface area contributed by atoms with Crippen molar-refractivity contribution in [3.05, 3.63) is 71.0 Å². The average Bonchev–Trinajstić information content (AvgIpc) is 2.83. The number of benzene rings is 2. The third-order valence-electron chi connectivity index (χ3n) is 3.55. The molecule has 1 atom stereocenters. The molecule has 1 heterocycles. The van der Waals surface area contributed by atoms with E-state index in [0.717, 1.165) is 11.1 Å². The fourth-order valence-electron chi connectivity index (χ4n) is 2.41. The SMILES string of the molecule is O=C(C[C@H]1OC(=O)c2ccccc21)NCc1ccc(F)cc1. The van der Waals surface area contributed by atoms with Gasteiger partial charge in [0.05, 0.1) is 12.0 Å². The lowest BCUT2D eigenvalue weighted by Gasteiger charge is -2.11. The number of amides is 1. The Morgan fingerprint density at radius 2 is 1.86 bits per heavy atom. The minimum atomic E-state index is -0.545. The van der Waals surface area contributed by atoms with Crippen molar-refractivity contribution in [1.82, 2.24) is 5.32 Å². The normalized spacial score (nSPS) is 16.0. The van der Waals surface area contributed by atoms with Crippen LogP contribution in [0.5, 0.6) is 0 Å². The molecule has 0 aromatic heterocycles. The molecule has 0 fully saturated rings. The summed E-state index contributed by atoms with van der Waals surface area (Å²) in [6.07, 6.45) is -0.471. The van der Waals surface area contributed by atoms with Gasteiger partial charge in [0.1, 0.15) is 11.9 Å². The van der Waals surface area contributed by atoms with Gasteiger partial charge in [-0.15, -0.1) is 0 Å². The predicted octanol–water partition coefficient (Wildman–Crippen LogP) is 2.74. The van der Waals surface area contributed by atoms with E-state index in [-0.39, 0.29) is 18.1 Å². The number of carbonyl (C=O) groups excluding carboxylic acids is 2. The molecule has 2 aromatic carbocycles. The smallest absolute Gasteiger partial charge is 0.339 e. The lowest BCUT2D eigenvalue weighted by molar-refractivity contribution is -0.123. The van der Waals surface area contributed by atoms with E-state index in [1.807, 2.05) is 6.07 Å². The summed E-state index contributed by atoms with van der Waals surface area (Å²) in [4.78, 5) is 23.7.